The highest BCUT2D eigenvalue weighted by Gasteiger charge is 2.56. The molecule has 3 aliphatic carbocycles. The van der Waals surface area contributed by atoms with Crippen LogP contribution in [0.5, 0.6) is 0 Å². The van der Waals surface area contributed by atoms with Gasteiger partial charge in [0, 0.05) is 24.5 Å². The van der Waals surface area contributed by atoms with Crippen molar-refractivity contribution in [1.29, 1.82) is 0 Å². The fourth-order valence-electron chi connectivity index (χ4n) is 4.04. The molecule has 120 valence electrons. The second kappa shape index (κ2) is 5.56. The van der Waals surface area contributed by atoms with E-state index in [2.05, 4.69) is 22.5 Å². The lowest BCUT2D eigenvalue weighted by molar-refractivity contribution is -0.140. The summed E-state index contributed by atoms with van der Waals surface area (Å²) >= 11 is 1.34. The predicted octanol–water partition coefficient (Wildman–Crippen LogP) is 1.67. The number of carbonyl (C=O) groups excluding carboxylic acids is 3. The average molecular weight is 331 g/mol. The van der Waals surface area contributed by atoms with Crippen LogP contribution in [-0.4, -0.2) is 34.2 Å². The minimum Gasteiger partial charge on any atom is -0.302 e. The third kappa shape index (κ3) is 2.39. The van der Waals surface area contributed by atoms with E-state index in [9.17, 15) is 14.4 Å². The monoisotopic (exact) mass is 331 g/mol. The van der Waals surface area contributed by atoms with Crippen LogP contribution in [0.2, 0.25) is 0 Å². The Balaban J connectivity index is 1.41. The third-order valence-electron chi connectivity index (χ3n) is 5.09. The minimum absolute atomic E-state index is 0.0962. The van der Waals surface area contributed by atoms with Crippen molar-refractivity contribution in [1.82, 2.24) is 9.88 Å². The van der Waals surface area contributed by atoms with Gasteiger partial charge in [0.25, 0.3) is 0 Å². The zero-order valence-corrected chi connectivity index (χ0v) is 13.3. The summed E-state index contributed by atoms with van der Waals surface area (Å²) in [6, 6.07) is 0. The number of hydrogen-bond acceptors (Lipinski definition) is 5. The summed E-state index contributed by atoms with van der Waals surface area (Å²) < 4.78 is 0. The molecule has 2 bridgehead atoms. The van der Waals surface area contributed by atoms with Crippen LogP contribution in [0.3, 0.4) is 0 Å². The van der Waals surface area contributed by atoms with Crippen LogP contribution in [0.4, 0.5) is 5.13 Å². The van der Waals surface area contributed by atoms with Gasteiger partial charge in [-0.25, -0.2) is 4.98 Å². The quantitative estimate of drug-likeness (QED) is 0.672. The number of likely N-dealkylation sites (tertiary alicyclic amines) is 1. The summed E-state index contributed by atoms with van der Waals surface area (Å²) in [6.07, 6.45) is 7.89. The average Bonchev–Trinajstić information content (AvgIpc) is 3.16. The van der Waals surface area contributed by atoms with Gasteiger partial charge in [-0.3, -0.25) is 19.3 Å². The number of aromatic nitrogens is 1. The first-order valence-electron chi connectivity index (χ1n) is 7.88. The molecule has 1 N–H and O–H groups in total. The number of hydrogen-bond donors (Lipinski definition) is 1. The minimum atomic E-state index is -0.225. The second-order valence-corrected chi connectivity index (χ2v) is 7.20. The molecule has 2 fully saturated rings. The van der Waals surface area contributed by atoms with Gasteiger partial charge in [0.05, 0.1) is 11.8 Å². The number of carbonyl (C=O) groups is 3. The normalized spacial score (nSPS) is 31.6. The predicted molar refractivity (Wildman–Crippen MR) is 84.4 cm³/mol. The van der Waals surface area contributed by atoms with E-state index in [4.69, 9.17) is 0 Å². The van der Waals surface area contributed by atoms with Gasteiger partial charge in [0.1, 0.15) is 0 Å². The number of allylic oxidation sites excluding steroid dienone is 2. The molecule has 0 spiro atoms. The van der Waals surface area contributed by atoms with Gasteiger partial charge in [-0.05, 0) is 24.7 Å². The van der Waals surface area contributed by atoms with Gasteiger partial charge < -0.3 is 5.32 Å². The van der Waals surface area contributed by atoms with Crippen molar-refractivity contribution in [2.75, 3.05) is 11.9 Å². The van der Waals surface area contributed by atoms with E-state index in [0.717, 1.165) is 12.8 Å². The number of anilines is 1. The summed E-state index contributed by atoms with van der Waals surface area (Å²) in [4.78, 5) is 42.4. The molecule has 23 heavy (non-hydrogen) atoms. The Morgan fingerprint density at radius 2 is 1.87 bits per heavy atom. The number of amides is 3. The molecule has 3 amide bonds. The first kappa shape index (κ1) is 14.6. The van der Waals surface area contributed by atoms with Crippen molar-refractivity contribution in [2.24, 2.45) is 23.7 Å². The highest BCUT2D eigenvalue weighted by atomic mass is 32.1. The van der Waals surface area contributed by atoms with Crippen LogP contribution >= 0.6 is 11.3 Å². The smallest absolute Gasteiger partial charge is 0.233 e. The molecule has 2 heterocycles. The maximum Gasteiger partial charge on any atom is 0.233 e. The molecule has 1 aromatic heterocycles. The Bertz CT molecular complexity index is 653. The van der Waals surface area contributed by atoms with E-state index in [1.54, 1.807) is 11.6 Å². The summed E-state index contributed by atoms with van der Waals surface area (Å²) in [5, 5.41) is 4.98. The maximum atomic E-state index is 12.6. The summed E-state index contributed by atoms with van der Waals surface area (Å²) in [7, 11) is 0. The molecule has 5 rings (SSSR count). The van der Waals surface area contributed by atoms with Gasteiger partial charge >= 0.3 is 0 Å². The standard InChI is InChI=1S/C16H17N3O3S/c20-11(18-16-17-6-8-23-16)5-7-19-14(21)12-9-1-2-10(4-3-9)13(12)15(19)22/h1-2,6,8-10,12-13H,3-5,7H2,(H,17,18,20). The van der Waals surface area contributed by atoms with E-state index in [0.29, 0.717) is 5.13 Å². The van der Waals surface area contributed by atoms with Crippen molar-refractivity contribution in [3.8, 4) is 0 Å². The van der Waals surface area contributed by atoms with E-state index in [1.807, 2.05) is 0 Å². The lowest BCUT2D eigenvalue weighted by atomic mass is 9.63. The van der Waals surface area contributed by atoms with Gasteiger partial charge in [-0.15, -0.1) is 11.3 Å². The summed E-state index contributed by atoms with van der Waals surface area (Å²) in [5.41, 5.74) is 0. The highest BCUT2D eigenvalue weighted by Crippen LogP contribution is 2.49. The topological polar surface area (TPSA) is 79.4 Å². The number of nitrogens with one attached hydrogen (secondary N) is 1. The van der Waals surface area contributed by atoms with Gasteiger partial charge in [-0.2, -0.15) is 0 Å². The van der Waals surface area contributed by atoms with Crippen LogP contribution in [0.25, 0.3) is 0 Å². The Labute approximate surface area is 137 Å². The van der Waals surface area contributed by atoms with E-state index in [-0.39, 0.29) is 54.4 Å². The molecule has 0 radical (unpaired) electrons. The van der Waals surface area contributed by atoms with E-state index in [1.165, 1.54) is 16.2 Å². The first-order chi connectivity index (χ1) is 11.1. The Morgan fingerprint density at radius 3 is 2.39 bits per heavy atom. The molecule has 6 nitrogen and oxygen atoms in total. The molecule has 4 aliphatic rings. The Kier molecular flexibility index (Phi) is 3.52. The molecular weight excluding hydrogens is 314 g/mol. The number of rotatable bonds is 4. The van der Waals surface area contributed by atoms with E-state index >= 15 is 0 Å². The van der Waals surface area contributed by atoms with Gasteiger partial charge in [0.15, 0.2) is 5.13 Å². The van der Waals surface area contributed by atoms with Crippen LogP contribution in [0, 0.1) is 23.7 Å². The van der Waals surface area contributed by atoms with Crippen LogP contribution in [0.15, 0.2) is 23.7 Å². The van der Waals surface area contributed by atoms with Crippen molar-refractivity contribution in [3.05, 3.63) is 23.7 Å². The van der Waals surface area contributed by atoms with Crippen LogP contribution in [0.1, 0.15) is 19.3 Å². The third-order valence-corrected chi connectivity index (χ3v) is 5.78. The molecule has 4 atom stereocenters. The van der Waals surface area contributed by atoms with Crippen LogP contribution < -0.4 is 5.32 Å². The SMILES string of the molecule is O=C(CCN1C(=O)C2C3C=CC(CC3)C2C1=O)Nc1nccs1. The van der Waals surface area contributed by atoms with Gasteiger partial charge in [-0.1, -0.05) is 12.2 Å². The summed E-state index contributed by atoms with van der Waals surface area (Å²) in [6.45, 7) is 0.154. The Morgan fingerprint density at radius 1 is 1.22 bits per heavy atom. The maximum absolute atomic E-state index is 12.6. The first-order valence-corrected chi connectivity index (χ1v) is 8.76. The molecule has 1 saturated heterocycles. The molecule has 1 aromatic rings. The number of imide groups is 1. The van der Waals surface area contributed by atoms with Crippen molar-refractivity contribution < 1.29 is 14.4 Å². The van der Waals surface area contributed by atoms with Gasteiger partial charge in [0.2, 0.25) is 17.7 Å². The molecule has 4 unspecified atom stereocenters. The molecule has 0 aromatic carbocycles. The molecule has 1 aliphatic heterocycles. The lowest BCUT2D eigenvalue weighted by Gasteiger charge is -2.38. The van der Waals surface area contributed by atoms with Crippen LogP contribution in [-0.2, 0) is 14.4 Å². The molecular formula is C16H17N3O3S. The van der Waals surface area contributed by atoms with Crippen molar-refractivity contribution in [2.45, 2.75) is 19.3 Å². The van der Waals surface area contributed by atoms with Crippen molar-refractivity contribution >= 4 is 34.2 Å². The summed E-state index contributed by atoms with van der Waals surface area (Å²) in [5.74, 6) is -0.438. The zero-order chi connectivity index (χ0) is 16.0. The number of fused-ring (bicyclic) bond motifs is 1. The highest BCUT2D eigenvalue weighted by molar-refractivity contribution is 7.13. The molecule has 7 heteroatoms. The van der Waals surface area contributed by atoms with E-state index < -0.39 is 0 Å². The fraction of sp³-hybridized carbons (Fsp3) is 0.500. The number of nitrogens with zero attached hydrogens (tertiary/aromatic N) is 2. The van der Waals surface area contributed by atoms with Crippen molar-refractivity contribution in [3.63, 3.8) is 0 Å². The zero-order valence-electron chi connectivity index (χ0n) is 12.5. The fourth-order valence-corrected chi connectivity index (χ4v) is 4.58. The second-order valence-electron chi connectivity index (χ2n) is 6.31. The number of thiazole rings is 1. The Hall–Kier alpha value is -2.02. The largest absolute Gasteiger partial charge is 0.302 e. The molecule has 1 saturated carbocycles. The lowest BCUT2D eigenvalue weighted by Crippen LogP contribution is -2.38.